The SMILES string of the molecule is CC1CCC(NC(=O)c2cccnc2-n2cncn2)CC1. The van der Waals surface area contributed by atoms with E-state index < -0.39 is 0 Å². The molecule has 0 aliphatic heterocycles. The zero-order valence-electron chi connectivity index (χ0n) is 12.1. The summed E-state index contributed by atoms with van der Waals surface area (Å²) in [5.74, 6) is 1.19. The summed E-state index contributed by atoms with van der Waals surface area (Å²) in [5.41, 5.74) is 0.529. The quantitative estimate of drug-likeness (QED) is 0.935. The maximum atomic E-state index is 12.5. The molecular weight excluding hydrogens is 266 g/mol. The van der Waals surface area contributed by atoms with E-state index in [0.29, 0.717) is 11.4 Å². The van der Waals surface area contributed by atoms with Crippen LogP contribution in [0.25, 0.3) is 5.82 Å². The Kier molecular flexibility index (Phi) is 3.94. The fourth-order valence-corrected chi connectivity index (χ4v) is 2.74. The molecular formula is C15H19N5O. The second kappa shape index (κ2) is 6.03. The second-order valence-corrected chi connectivity index (χ2v) is 5.64. The number of carbonyl (C=O) groups excluding carboxylic acids is 1. The first-order valence-electron chi connectivity index (χ1n) is 7.35. The smallest absolute Gasteiger partial charge is 0.255 e. The molecule has 6 nitrogen and oxygen atoms in total. The number of hydrogen-bond acceptors (Lipinski definition) is 4. The monoisotopic (exact) mass is 285 g/mol. The third kappa shape index (κ3) is 3.09. The maximum Gasteiger partial charge on any atom is 0.255 e. The third-order valence-electron chi connectivity index (χ3n) is 4.02. The molecule has 0 radical (unpaired) electrons. The zero-order chi connectivity index (χ0) is 14.7. The average molecular weight is 285 g/mol. The van der Waals surface area contributed by atoms with Gasteiger partial charge in [0.2, 0.25) is 0 Å². The molecule has 1 aliphatic rings. The summed E-state index contributed by atoms with van der Waals surface area (Å²) >= 11 is 0. The molecule has 2 heterocycles. The lowest BCUT2D eigenvalue weighted by molar-refractivity contribution is 0.0922. The maximum absolute atomic E-state index is 12.5. The Balaban J connectivity index is 1.76. The minimum Gasteiger partial charge on any atom is -0.349 e. The first kappa shape index (κ1) is 13.7. The van der Waals surface area contributed by atoms with Crippen molar-refractivity contribution >= 4 is 5.91 Å². The molecule has 0 aromatic carbocycles. The number of aromatic nitrogens is 4. The summed E-state index contributed by atoms with van der Waals surface area (Å²) in [6, 6.07) is 3.79. The predicted molar refractivity (Wildman–Crippen MR) is 78.0 cm³/mol. The van der Waals surface area contributed by atoms with Crippen LogP contribution in [0.5, 0.6) is 0 Å². The van der Waals surface area contributed by atoms with Crippen molar-refractivity contribution < 1.29 is 4.79 Å². The highest BCUT2D eigenvalue weighted by Crippen LogP contribution is 2.23. The van der Waals surface area contributed by atoms with Crippen LogP contribution in [0.4, 0.5) is 0 Å². The summed E-state index contributed by atoms with van der Waals surface area (Å²) < 4.78 is 1.51. The van der Waals surface area contributed by atoms with Crippen LogP contribution >= 0.6 is 0 Å². The summed E-state index contributed by atoms with van der Waals surface area (Å²) in [5, 5.41) is 7.17. The number of nitrogens with zero attached hydrogens (tertiary/aromatic N) is 4. The Hall–Kier alpha value is -2.24. The van der Waals surface area contributed by atoms with Crippen molar-refractivity contribution in [2.45, 2.75) is 38.6 Å². The van der Waals surface area contributed by atoms with Crippen molar-refractivity contribution in [1.82, 2.24) is 25.1 Å². The van der Waals surface area contributed by atoms with Gasteiger partial charge in [-0.1, -0.05) is 6.92 Å². The van der Waals surface area contributed by atoms with Crippen LogP contribution in [0, 0.1) is 5.92 Å². The van der Waals surface area contributed by atoms with Crippen LogP contribution in [0.3, 0.4) is 0 Å². The van der Waals surface area contributed by atoms with Gasteiger partial charge in [0.15, 0.2) is 5.82 Å². The van der Waals surface area contributed by atoms with Gasteiger partial charge in [-0.05, 0) is 43.7 Å². The molecule has 21 heavy (non-hydrogen) atoms. The van der Waals surface area contributed by atoms with E-state index in [-0.39, 0.29) is 11.9 Å². The van der Waals surface area contributed by atoms with Crippen LogP contribution in [0.1, 0.15) is 43.0 Å². The zero-order valence-corrected chi connectivity index (χ0v) is 12.1. The minimum absolute atomic E-state index is 0.0897. The van der Waals surface area contributed by atoms with Crippen molar-refractivity contribution in [3.8, 4) is 5.82 Å². The molecule has 1 fully saturated rings. The van der Waals surface area contributed by atoms with Crippen molar-refractivity contribution in [2.24, 2.45) is 5.92 Å². The van der Waals surface area contributed by atoms with Gasteiger partial charge in [-0.2, -0.15) is 5.10 Å². The molecule has 0 unspecified atom stereocenters. The van der Waals surface area contributed by atoms with Gasteiger partial charge < -0.3 is 5.32 Å². The lowest BCUT2D eigenvalue weighted by Crippen LogP contribution is -2.37. The molecule has 2 aromatic rings. The predicted octanol–water partition coefficient (Wildman–Crippen LogP) is 1.97. The Bertz CT molecular complexity index is 602. The molecule has 6 heteroatoms. The van der Waals surface area contributed by atoms with Crippen molar-refractivity contribution in [3.63, 3.8) is 0 Å². The number of rotatable bonds is 3. The van der Waals surface area contributed by atoms with Gasteiger partial charge in [0.05, 0.1) is 5.56 Å². The lowest BCUT2D eigenvalue weighted by Gasteiger charge is -2.27. The van der Waals surface area contributed by atoms with Crippen LogP contribution in [-0.2, 0) is 0 Å². The molecule has 0 bridgehead atoms. The third-order valence-corrected chi connectivity index (χ3v) is 4.02. The number of carbonyl (C=O) groups is 1. The van der Waals surface area contributed by atoms with Gasteiger partial charge in [0, 0.05) is 12.2 Å². The highest BCUT2D eigenvalue weighted by molar-refractivity contribution is 5.97. The summed E-state index contributed by atoms with van der Waals surface area (Å²) in [6.07, 6.45) is 9.07. The van der Waals surface area contributed by atoms with Crippen LogP contribution in [0.15, 0.2) is 31.0 Å². The second-order valence-electron chi connectivity index (χ2n) is 5.64. The Morgan fingerprint density at radius 2 is 2.14 bits per heavy atom. The number of nitrogens with one attached hydrogen (secondary N) is 1. The highest BCUT2D eigenvalue weighted by atomic mass is 16.1. The van der Waals surface area contributed by atoms with E-state index in [1.54, 1.807) is 24.7 Å². The van der Waals surface area contributed by atoms with Crippen LogP contribution in [-0.4, -0.2) is 31.7 Å². The van der Waals surface area contributed by atoms with E-state index in [4.69, 9.17) is 0 Å². The Morgan fingerprint density at radius 1 is 1.33 bits per heavy atom. The van der Waals surface area contributed by atoms with Gasteiger partial charge in [0.1, 0.15) is 12.7 Å². The van der Waals surface area contributed by atoms with Gasteiger partial charge in [-0.15, -0.1) is 0 Å². The fraction of sp³-hybridized carbons (Fsp3) is 0.467. The van der Waals surface area contributed by atoms with Crippen molar-refractivity contribution in [1.29, 1.82) is 0 Å². The molecule has 1 amide bonds. The van der Waals surface area contributed by atoms with E-state index in [1.165, 1.54) is 23.9 Å². The van der Waals surface area contributed by atoms with E-state index in [9.17, 15) is 4.79 Å². The van der Waals surface area contributed by atoms with Crippen LogP contribution in [0.2, 0.25) is 0 Å². The molecule has 3 rings (SSSR count). The van der Waals surface area contributed by atoms with Gasteiger partial charge in [-0.3, -0.25) is 4.79 Å². The van der Waals surface area contributed by atoms with Crippen LogP contribution < -0.4 is 5.32 Å². The van der Waals surface area contributed by atoms with Crippen molar-refractivity contribution in [3.05, 3.63) is 36.5 Å². The first-order valence-corrected chi connectivity index (χ1v) is 7.35. The molecule has 0 atom stereocenters. The number of pyridine rings is 1. The van der Waals surface area contributed by atoms with E-state index in [1.807, 2.05) is 0 Å². The van der Waals surface area contributed by atoms with Crippen molar-refractivity contribution in [2.75, 3.05) is 0 Å². The summed E-state index contributed by atoms with van der Waals surface area (Å²) in [4.78, 5) is 20.6. The van der Waals surface area contributed by atoms with E-state index in [2.05, 4.69) is 27.3 Å². The number of hydrogen-bond donors (Lipinski definition) is 1. The lowest BCUT2D eigenvalue weighted by atomic mass is 9.87. The molecule has 1 N–H and O–H groups in total. The van der Waals surface area contributed by atoms with Gasteiger partial charge in [0.25, 0.3) is 5.91 Å². The molecule has 0 spiro atoms. The van der Waals surface area contributed by atoms with Gasteiger partial charge >= 0.3 is 0 Å². The molecule has 0 saturated heterocycles. The normalized spacial score (nSPS) is 22.0. The summed E-state index contributed by atoms with van der Waals surface area (Å²) in [7, 11) is 0. The average Bonchev–Trinajstić information content (AvgIpc) is 3.04. The Morgan fingerprint density at radius 3 is 2.86 bits per heavy atom. The first-order chi connectivity index (χ1) is 10.2. The molecule has 1 saturated carbocycles. The standard InChI is InChI=1S/C15H19N5O/c1-11-4-6-12(7-5-11)19-15(21)13-3-2-8-17-14(13)20-10-16-9-18-20/h2-3,8-12H,4-7H2,1H3,(H,19,21). The summed E-state index contributed by atoms with van der Waals surface area (Å²) in [6.45, 7) is 2.27. The minimum atomic E-state index is -0.0897. The molecule has 1 aliphatic carbocycles. The fourth-order valence-electron chi connectivity index (χ4n) is 2.74. The highest BCUT2D eigenvalue weighted by Gasteiger charge is 2.22. The number of amides is 1. The largest absolute Gasteiger partial charge is 0.349 e. The van der Waals surface area contributed by atoms with Gasteiger partial charge in [-0.25, -0.2) is 14.6 Å². The molecule has 2 aromatic heterocycles. The van der Waals surface area contributed by atoms with E-state index in [0.717, 1.165) is 18.8 Å². The molecule has 110 valence electrons. The van der Waals surface area contributed by atoms with E-state index >= 15 is 0 Å². The topological polar surface area (TPSA) is 72.7 Å². The Labute approximate surface area is 123 Å².